The summed E-state index contributed by atoms with van der Waals surface area (Å²) in [6.07, 6.45) is -4.19. The van der Waals surface area contributed by atoms with Gasteiger partial charge in [-0.15, -0.1) is 13.2 Å². The Morgan fingerprint density at radius 1 is 0.878 bits per heavy atom. The minimum absolute atomic E-state index is 0.106. The van der Waals surface area contributed by atoms with Crippen LogP contribution in [0.2, 0.25) is 0 Å². The number of sulfonamides is 1. The number of alkyl halides is 3. The first-order valence-electron chi connectivity index (χ1n) is 15.4. The molecule has 0 aliphatic carbocycles. The first kappa shape index (κ1) is 34.0. The molecule has 16 heteroatoms. The molecule has 258 valence electrons. The van der Waals surface area contributed by atoms with Crippen LogP contribution in [0.15, 0.2) is 83.8 Å². The number of piperazine rings is 1. The summed E-state index contributed by atoms with van der Waals surface area (Å²) >= 11 is 0. The van der Waals surface area contributed by atoms with Gasteiger partial charge in [-0.3, -0.25) is 4.79 Å². The van der Waals surface area contributed by atoms with Crippen molar-refractivity contribution in [2.24, 2.45) is 0 Å². The molecule has 4 aromatic rings. The normalized spacial score (nSPS) is 17.3. The van der Waals surface area contributed by atoms with Crippen LogP contribution in [0.25, 0.3) is 11.3 Å². The summed E-state index contributed by atoms with van der Waals surface area (Å²) in [5.74, 6) is -1.70. The van der Waals surface area contributed by atoms with Crippen LogP contribution in [0.3, 0.4) is 0 Å². The van der Waals surface area contributed by atoms with Crippen LogP contribution in [0.1, 0.15) is 18.5 Å². The Kier molecular flexibility index (Phi) is 9.70. The standard InChI is InChI=1S/C33H31F5N6O4S/c34-23-10-12-26(13-11-23)49(46,47)44-14-4-9-30(44)31(45)39-21-24-20-28(22-5-3-6-25(19-22)48-33(36,37)38)41-32(40-24)43-17-15-42(16-18-43)29-8-2-1-7-27(29)35/h1-3,5-8,10-13,19-20,30H,4,9,14-18,21H2,(H,39,45). The Morgan fingerprint density at radius 2 is 1.59 bits per heavy atom. The second kappa shape index (κ2) is 14.0. The number of amides is 1. The molecule has 1 N–H and O–H groups in total. The second-order valence-corrected chi connectivity index (χ2v) is 13.4. The number of nitrogens with one attached hydrogen (secondary N) is 1. The van der Waals surface area contributed by atoms with Gasteiger partial charge in [0.2, 0.25) is 21.9 Å². The molecule has 0 bridgehead atoms. The van der Waals surface area contributed by atoms with Gasteiger partial charge in [0.1, 0.15) is 23.4 Å². The van der Waals surface area contributed by atoms with Crippen molar-refractivity contribution in [2.45, 2.75) is 36.7 Å². The molecule has 1 amide bonds. The highest BCUT2D eigenvalue weighted by atomic mass is 32.2. The van der Waals surface area contributed by atoms with Crippen molar-refractivity contribution < 1.29 is 39.9 Å². The molecule has 2 aliphatic heterocycles. The number of nitrogens with zero attached hydrogens (tertiary/aromatic N) is 5. The van der Waals surface area contributed by atoms with Gasteiger partial charge in [-0.1, -0.05) is 24.3 Å². The van der Waals surface area contributed by atoms with Crippen molar-refractivity contribution in [2.75, 3.05) is 42.5 Å². The number of halogens is 5. The van der Waals surface area contributed by atoms with Gasteiger partial charge in [0.15, 0.2) is 0 Å². The average molecular weight is 703 g/mol. The molecule has 3 heterocycles. The smallest absolute Gasteiger partial charge is 0.406 e. The van der Waals surface area contributed by atoms with Crippen molar-refractivity contribution in [1.82, 2.24) is 19.6 Å². The molecule has 3 aromatic carbocycles. The predicted octanol–water partition coefficient (Wildman–Crippen LogP) is 5.12. The third-order valence-electron chi connectivity index (χ3n) is 8.26. The zero-order valence-corrected chi connectivity index (χ0v) is 26.7. The summed E-state index contributed by atoms with van der Waals surface area (Å²) in [5, 5.41) is 2.75. The van der Waals surface area contributed by atoms with Crippen LogP contribution in [0, 0.1) is 11.6 Å². The largest absolute Gasteiger partial charge is 0.573 e. The van der Waals surface area contributed by atoms with Crippen LogP contribution < -0.4 is 19.9 Å². The summed E-state index contributed by atoms with van der Waals surface area (Å²) in [5.41, 5.74) is 1.34. The van der Waals surface area contributed by atoms with E-state index in [0.717, 1.165) is 34.6 Å². The molecule has 0 saturated carbocycles. The van der Waals surface area contributed by atoms with Crippen molar-refractivity contribution in [1.29, 1.82) is 0 Å². The minimum Gasteiger partial charge on any atom is -0.406 e. The van der Waals surface area contributed by atoms with E-state index >= 15 is 0 Å². The van der Waals surface area contributed by atoms with E-state index in [1.807, 2.05) is 9.80 Å². The number of anilines is 2. The third kappa shape index (κ3) is 7.91. The SMILES string of the molecule is O=C(NCc1cc(-c2cccc(OC(F)(F)F)c2)nc(N2CCN(c3ccccc3F)CC2)n1)C1CCCN1S(=O)(=O)c1ccc(F)cc1. The molecule has 10 nitrogen and oxygen atoms in total. The number of rotatable bonds is 9. The lowest BCUT2D eigenvalue weighted by Crippen LogP contribution is -2.47. The van der Waals surface area contributed by atoms with Gasteiger partial charge in [0, 0.05) is 38.3 Å². The molecule has 0 radical (unpaired) electrons. The van der Waals surface area contributed by atoms with Crippen LogP contribution in [0.4, 0.5) is 33.6 Å². The Hall–Kier alpha value is -4.83. The Labute approximate surface area is 279 Å². The average Bonchev–Trinajstić information content (AvgIpc) is 3.59. The number of benzene rings is 3. The quantitative estimate of drug-likeness (QED) is 0.240. The monoisotopic (exact) mass is 702 g/mol. The summed E-state index contributed by atoms with van der Waals surface area (Å²) in [7, 11) is -4.09. The summed E-state index contributed by atoms with van der Waals surface area (Å²) < 4.78 is 98.5. The minimum atomic E-state index is -4.90. The van der Waals surface area contributed by atoms with E-state index in [9.17, 15) is 35.2 Å². The lowest BCUT2D eigenvalue weighted by atomic mass is 10.1. The van der Waals surface area contributed by atoms with Crippen molar-refractivity contribution in [3.63, 3.8) is 0 Å². The number of carbonyl (C=O) groups is 1. The maximum Gasteiger partial charge on any atom is 0.573 e. The van der Waals surface area contributed by atoms with Gasteiger partial charge in [-0.2, -0.15) is 4.31 Å². The highest BCUT2D eigenvalue weighted by molar-refractivity contribution is 7.89. The van der Waals surface area contributed by atoms with Crippen LogP contribution >= 0.6 is 0 Å². The van der Waals surface area contributed by atoms with Crippen LogP contribution in [0.5, 0.6) is 5.75 Å². The van der Waals surface area contributed by atoms with Crippen LogP contribution in [-0.4, -0.2) is 73.7 Å². The van der Waals surface area contributed by atoms with Gasteiger partial charge >= 0.3 is 6.36 Å². The highest BCUT2D eigenvalue weighted by Crippen LogP contribution is 2.30. The molecule has 2 aliphatic rings. The summed E-state index contributed by atoms with van der Waals surface area (Å²) in [4.78, 5) is 26.3. The predicted molar refractivity (Wildman–Crippen MR) is 170 cm³/mol. The fraction of sp³-hybridized carbons (Fsp3) is 0.303. The Balaban J connectivity index is 1.23. The number of hydrogen-bond acceptors (Lipinski definition) is 8. The molecule has 2 fully saturated rings. The fourth-order valence-electron chi connectivity index (χ4n) is 5.90. The van der Waals surface area contributed by atoms with Gasteiger partial charge in [-0.05, 0) is 67.4 Å². The molecule has 49 heavy (non-hydrogen) atoms. The molecular weight excluding hydrogens is 671 g/mol. The van der Waals surface area contributed by atoms with Gasteiger partial charge in [-0.25, -0.2) is 27.2 Å². The number of ether oxygens (including phenoxy) is 1. The van der Waals surface area contributed by atoms with E-state index in [2.05, 4.69) is 20.0 Å². The molecule has 0 spiro atoms. The Morgan fingerprint density at radius 3 is 2.31 bits per heavy atom. The lowest BCUT2D eigenvalue weighted by Gasteiger charge is -2.36. The number of para-hydroxylation sites is 1. The highest BCUT2D eigenvalue weighted by Gasteiger charge is 2.39. The zero-order valence-electron chi connectivity index (χ0n) is 25.9. The van der Waals surface area contributed by atoms with Gasteiger partial charge in [0.05, 0.1) is 28.5 Å². The fourth-order valence-corrected chi connectivity index (χ4v) is 7.56. The van der Waals surface area contributed by atoms with E-state index in [1.165, 1.54) is 24.3 Å². The maximum absolute atomic E-state index is 14.4. The molecule has 2 saturated heterocycles. The van der Waals surface area contributed by atoms with E-state index in [0.29, 0.717) is 49.5 Å². The lowest BCUT2D eigenvalue weighted by molar-refractivity contribution is -0.274. The van der Waals surface area contributed by atoms with E-state index in [-0.39, 0.29) is 41.9 Å². The first-order valence-corrected chi connectivity index (χ1v) is 16.8. The van der Waals surface area contributed by atoms with Gasteiger partial charge < -0.3 is 19.9 Å². The van der Waals surface area contributed by atoms with Crippen molar-refractivity contribution in [3.8, 4) is 17.0 Å². The zero-order chi connectivity index (χ0) is 34.8. The number of carbonyl (C=O) groups excluding carboxylic acids is 1. The molecule has 1 aromatic heterocycles. The maximum atomic E-state index is 14.4. The second-order valence-electron chi connectivity index (χ2n) is 11.5. The summed E-state index contributed by atoms with van der Waals surface area (Å²) in [6, 6.07) is 16.6. The summed E-state index contributed by atoms with van der Waals surface area (Å²) in [6.45, 7) is 1.65. The number of aromatic nitrogens is 2. The topological polar surface area (TPSA) is 108 Å². The van der Waals surface area contributed by atoms with E-state index in [4.69, 9.17) is 0 Å². The van der Waals surface area contributed by atoms with E-state index in [1.54, 1.807) is 24.3 Å². The molecular formula is C33H31F5N6O4S. The van der Waals surface area contributed by atoms with Crippen LogP contribution in [-0.2, 0) is 21.4 Å². The van der Waals surface area contributed by atoms with Crippen molar-refractivity contribution in [3.05, 3.63) is 96.2 Å². The number of hydrogen-bond donors (Lipinski definition) is 1. The molecule has 6 rings (SSSR count). The molecule has 1 unspecified atom stereocenters. The first-order chi connectivity index (χ1) is 23.4. The van der Waals surface area contributed by atoms with Crippen molar-refractivity contribution >= 4 is 27.6 Å². The Bertz CT molecular complexity index is 1920. The third-order valence-corrected chi connectivity index (χ3v) is 10.2. The van der Waals surface area contributed by atoms with E-state index < -0.39 is 39.9 Å². The molecule has 1 atom stereocenters. The van der Waals surface area contributed by atoms with Gasteiger partial charge in [0.25, 0.3) is 0 Å².